The van der Waals surface area contributed by atoms with Gasteiger partial charge in [-0.15, -0.1) is 0 Å². The summed E-state index contributed by atoms with van der Waals surface area (Å²) in [6.45, 7) is 3.76. The summed E-state index contributed by atoms with van der Waals surface area (Å²) in [7, 11) is 0. The van der Waals surface area contributed by atoms with Crippen LogP contribution in [-0.4, -0.2) is 34.9 Å². The fourth-order valence-electron chi connectivity index (χ4n) is 1.44. The molecule has 0 saturated heterocycles. The van der Waals surface area contributed by atoms with Crippen LogP contribution in [0.3, 0.4) is 0 Å². The van der Waals surface area contributed by atoms with Gasteiger partial charge < -0.3 is 15.7 Å². The number of amides is 2. The summed E-state index contributed by atoms with van der Waals surface area (Å²) in [5.74, 6) is -0.816. The normalized spacial score (nSPS) is 10.0. The second kappa shape index (κ2) is 5.34. The van der Waals surface area contributed by atoms with Crippen LogP contribution in [0.1, 0.15) is 22.8 Å². The number of benzene rings is 1. The second-order valence-electron chi connectivity index (χ2n) is 3.79. The van der Waals surface area contributed by atoms with Crippen LogP contribution in [0.25, 0.3) is 0 Å². The number of aromatic hydroxyl groups is 1. The molecule has 0 heterocycles. The molecule has 0 aliphatic rings. The van der Waals surface area contributed by atoms with E-state index in [-0.39, 0.29) is 18.2 Å². The topological polar surface area (TPSA) is 83.6 Å². The Morgan fingerprint density at radius 1 is 1.41 bits per heavy atom. The average Bonchev–Trinajstić information content (AvgIpc) is 2.28. The molecule has 1 rings (SSSR count). The van der Waals surface area contributed by atoms with E-state index in [2.05, 4.69) is 0 Å². The number of carbonyl (C=O) groups excluding carboxylic acids is 2. The number of primary amides is 1. The molecular formula is C12H16N2O3. The molecule has 0 bridgehead atoms. The number of aryl methyl sites for hydroxylation is 1. The third kappa shape index (κ3) is 3.21. The predicted octanol–water partition coefficient (Wildman–Crippen LogP) is 0.648. The largest absolute Gasteiger partial charge is 0.508 e. The van der Waals surface area contributed by atoms with Gasteiger partial charge in [0.25, 0.3) is 5.91 Å². The van der Waals surface area contributed by atoms with Crippen molar-refractivity contribution in [2.24, 2.45) is 5.73 Å². The van der Waals surface area contributed by atoms with Crippen molar-refractivity contribution in [1.29, 1.82) is 0 Å². The summed E-state index contributed by atoms with van der Waals surface area (Å²) in [5.41, 5.74) is 6.09. The fourth-order valence-corrected chi connectivity index (χ4v) is 1.44. The Kier molecular flexibility index (Phi) is 4.09. The van der Waals surface area contributed by atoms with Gasteiger partial charge in [-0.2, -0.15) is 0 Å². The summed E-state index contributed by atoms with van der Waals surface area (Å²) in [4.78, 5) is 24.1. The zero-order chi connectivity index (χ0) is 13.0. The maximum absolute atomic E-state index is 12.0. The van der Waals surface area contributed by atoms with Crippen LogP contribution in [0.2, 0.25) is 0 Å². The first-order valence-corrected chi connectivity index (χ1v) is 5.33. The highest BCUT2D eigenvalue weighted by molar-refractivity contribution is 5.96. The molecule has 0 radical (unpaired) electrons. The van der Waals surface area contributed by atoms with Gasteiger partial charge in [0, 0.05) is 12.1 Å². The van der Waals surface area contributed by atoms with Crippen LogP contribution in [0.15, 0.2) is 18.2 Å². The number of phenols is 1. The van der Waals surface area contributed by atoms with Gasteiger partial charge in [-0.25, -0.2) is 0 Å². The Hall–Kier alpha value is -2.04. The van der Waals surface area contributed by atoms with Gasteiger partial charge in [-0.1, -0.05) is 6.07 Å². The van der Waals surface area contributed by atoms with Crippen LogP contribution >= 0.6 is 0 Å². The van der Waals surface area contributed by atoms with Gasteiger partial charge in [0.1, 0.15) is 5.75 Å². The highest BCUT2D eigenvalue weighted by Crippen LogP contribution is 2.18. The van der Waals surface area contributed by atoms with Crippen LogP contribution < -0.4 is 5.73 Å². The van der Waals surface area contributed by atoms with Crippen molar-refractivity contribution in [2.45, 2.75) is 13.8 Å². The van der Waals surface area contributed by atoms with E-state index in [0.29, 0.717) is 17.7 Å². The standard InChI is InChI=1S/C12H16N2O3/c1-3-14(7-11(13)16)12(17)9-5-4-8(2)10(15)6-9/h4-6,15H,3,7H2,1-2H3,(H2,13,16). The van der Waals surface area contributed by atoms with Crippen molar-refractivity contribution < 1.29 is 14.7 Å². The van der Waals surface area contributed by atoms with Crippen LogP contribution in [0.5, 0.6) is 5.75 Å². The molecule has 1 aromatic carbocycles. The van der Waals surface area contributed by atoms with E-state index in [0.717, 1.165) is 0 Å². The quantitative estimate of drug-likeness (QED) is 0.805. The molecule has 0 fully saturated rings. The minimum Gasteiger partial charge on any atom is -0.508 e. The molecule has 3 N–H and O–H groups in total. The molecule has 2 amide bonds. The Morgan fingerprint density at radius 2 is 2.06 bits per heavy atom. The number of carbonyl (C=O) groups is 2. The van der Waals surface area contributed by atoms with Crippen molar-refractivity contribution >= 4 is 11.8 Å². The van der Waals surface area contributed by atoms with Gasteiger partial charge in [0.05, 0.1) is 6.54 Å². The van der Waals surface area contributed by atoms with E-state index in [1.54, 1.807) is 26.0 Å². The minimum atomic E-state index is -0.559. The van der Waals surface area contributed by atoms with E-state index < -0.39 is 5.91 Å². The lowest BCUT2D eigenvalue weighted by atomic mass is 10.1. The van der Waals surface area contributed by atoms with Crippen LogP contribution in [0.4, 0.5) is 0 Å². The number of phenolic OH excluding ortho intramolecular Hbond substituents is 1. The Bertz CT molecular complexity index is 443. The molecule has 0 aliphatic heterocycles. The van der Waals surface area contributed by atoms with E-state index >= 15 is 0 Å². The molecule has 0 atom stereocenters. The predicted molar refractivity (Wildman–Crippen MR) is 63.6 cm³/mol. The lowest BCUT2D eigenvalue weighted by molar-refractivity contribution is -0.118. The Balaban J connectivity index is 2.93. The van der Waals surface area contributed by atoms with Gasteiger partial charge in [-0.05, 0) is 31.5 Å². The number of hydrogen-bond donors (Lipinski definition) is 2. The summed E-state index contributed by atoms with van der Waals surface area (Å²) in [6, 6.07) is 4.66. The molecule has 0 aromatic heterocycles. The molecule has 0 spiro atoms. The molecule has 5 heteroatoms. The SMILES string of the molecule is CCN(CC(N)=O)C(=O)c1ccc(C)c(O)c1. The van der Waals surface area contributed by atoms with Crippen LogP contribution in [0, 0.1) is 6.92 Å². The van der Waals surface area contributed by atoms with Crippen molar-refractivity contribution in [3.63, 3.8) is 0 Å². The fraction of sp³-hybridized carbons (Fsp3) is 0.333. The smallest absolute Gasteiger partial charge is 0.254 e. The Labute approximate surface area is 99.8 Å². The highest BCUT2D eigenvalue weighted by Gasteiger charge is 2.16. The first-order chi connectivity index (χ1) is 7.95. The van der Waals surface area contributed by atoms with Crippen LogP contribution in [-0.2, 0) is 4.79 Å². The lowest BCUT2D eigenvalue weighted by Crippen LogP contribution is -2.38. The van der Waals surface area contributed by atoms with Crippen molar-refractivity contribution in [3.8, 4) is 5.75 Å². The minimum absolute atomic E-state index is 0.0611. The second-order valence-corrected chi connectivity index (χ2v) is 3.79. The van der Waals surface area contributed by atoms with E-state index in [1.165, 1.54) is 11.0 Å². The van der Waals surface area contributed by atoms with E-state index in [1.807, 2.05) is 0 Å². The molecule has 92 valence electrons. The average molecular weight is 236 g/mol. The number of hydrogen-bond acceptors (Lipinski definition) is 3. The monoisotopic (exact) mass is 236 g/mol. The molecule has 1 aromatic rings. The van der Waals surface area contributed by atoms with Crippen molar-refractivity contribution in [1.82, 2.24) is 4.90 Å². The maximum Gasteiger partial charge on any atom is 0.254 e. The first kappa shape index (κ1) is 13.0. The number of nitrogens with two attached hydrogens (primary N) is 1. The van der Waals surface area contributed by atoms with Gasteiger partial charge in [0.15, 0.2) is 0 Å². The zero-order valence-electron chi connectivity index (χ0n) is 9.93. The molecule has 0 unspecified atom stereocenters. The number of rotatable bonds is 4. The Morgan fingerprint density at radius 3 is 2.53 bits per heavy atom. The molecule has 0 saturated carbocycles. The summed E-state index contributed by atoms with van der Waals surface area (Å²) in [6.07, 6.45) is 0. The van der Waals surface area contributed by atoms with Gasteiger partial charge in [0.2, 0.25) is 5.91 Å². The molecular weight excluding hydrogens is 220 g/mol. The lowest BCUT2D eigenvalue weighted by Gasteiger charge is -2.19. The number of nitrogens with zero attached hydrogens (tertiary/aromatic N) is 1. The van der Waals surface area contributed by atoms with Crippen molar-refractivity contribution in [2.75, 3.05) is 13.1 Å². The molecule has 5 nitrogen and oxygen atoms in total. The van der Waals surface area contributed by atoms with Crippen molar-refractivity contribution in [3.05, 3.63) is 29.3 Å². The summed E-state index contributed by atoms with van der Waals surface area (Å²) in [5, 5.41) is 9.52. The molecule has 0 aliphatic carbocycles. The highest BCUT2D eigenvalue weighted by atomic mass is 16.3. The van der Waals surface area contributed by atoms with E-state index in [4.69, 9.17) is 5.73 Å². The zero-order valence-corrected chi connectivity index (χ0v) is 9.93. The maximum atomic E-state index is 12.0. The summed E-state index contributed by atoms with van der Waals surface area (Å²) < 4.78 is 0. The summed E-state index contributed by atoms with van der Waals surface area (Å²) >= 11 is 0. The molecule has 17 heavy (non-hydrogen) atoms. The number of likely N-dealkylation sites (N-methyl/N-ethyl adjacent to an activating group) is 1. The van der Waals surface area contributed by atoms with Gasteiger partial charge >= 0.3 is 0 Å². The third-order valence-electron chi connectivity index (χ3n) is 2.47. The van der Waals surface area contributed by atoms with Gasteiger partial charge in [-0.3, -0.25) is 9.59 Å². The third-order valence-corrected chi connectivity index (χ3v) is 2.47. The first-order valence-electron chi connectivity index (χ1n) is 5.33. The van der Waals surface area contributed by atoms with E-state index in [9.17, 15) is 14.7 Å².